The number of amides is 1. The lowest BCUT2D eigenvalue weighted by molar-refractivity contribution is -0.384. The van der Waals surface area contributed by atoms with Crippen LogP contribution in [0.25, 0.3) is 0 Å². The van der Waals surface area contributed by atoms with Gasteiger partial charge in [0.2, 0.25) is 10.0 Å². The Bertz CT molecular complexity index is 1140. The topological polar surface area (TPSA) is 101 Å². The number of aryl methyl sites for hydroxylation is 3. The van der Waals surface area contributed by atoms with E-state index in [0.717, 1.165) is 22.3 Å². The second kappa shape index (κ2) is 8.39. The molecule has 1 saturated heterocycles. The Morgan fingerprint density at radius 2 is 1.45 bits per heavy atom. The van der Waals surface area contributed by atoms with E-state index >= 15 is 0 Å². The van der Waals surface area contributed by atoms with Crippen LogP contribution in [-0.2, 0) is 10.0 Å². The summed E-state index contributed by atoms with van der Waals surface area (Å²) in [4.78, 5) is 25.4. The molecule has 0 bridgehead atoms. The van der Waals surface area contributed by atoms with Crippen molar-refractivity contribution >= 4 is 21.6 Å². The Morgan fingerprint density at radius 3 is 1.97 bits per heavy atom. The van der Waals surface area contributed by atoms with Crippen LogP contribution in [0.3, 0.4) is 0 Å². The van der Waals surface area contributed by atoms with Gasteiger partial charge in [0, 0.05) is 43.9 Å². The van der Waals surface area contributed by atoms with Crippen molar-refractivity contribution < 1.29 is 18.1 Å². The number of benzene rings is 2. The predicted molar refractivity (Wildman–Crippen MR) is 118 cm³/mol. The first-order chi connectivity index (χ1) is 14.4. The summed E-state index contributed by atoms with van der Waals surface area (Å²) < 4.78 is 28.2. The van der Waals surface area contributed by atoms with Gasteiger partial charge >= 0.3 is 0 Å². The molecule has 2 aromatic carbocycles. The lowest BCUT2D eigenvalue weighted by atomic mass is 10.0. The molecule has 0 aliphatic carbocycles. The highest BCUT2D eigenvalue weighted by atomic mass is 32.2. The number of sulfonamides is 1. The Balaban J connectivity index is 1.82. The van der Waals surface area contributed by atoms with E-state index in [2.05, 4.69) is 0 Å². The quantitative estimate of drug-likeness (QED) is 0.531. The fourth-order valence-electron chi connectivity index (χ4n) is 3.95. The number of hydrogen-bond donors (Lipinski definition) is 0. The maximum absolute atomic E-state index is 13.4. The van der Waals surface area contributed by atoms with Crippen LogP contribution in [0.5, 0.6) is 0 Å². The number of nitro groups is 1. The van der Waals surface area contributed by atoms with Gasteiger partial charge in [-0.05, 0) is 62.4 Å². The number of hydrogen-bond acceptors (Lipinski definition) is 5. The van der Waals surface area contributed by atoms with Crippen LogP contribution in [0.1, 0.15) is 38.2 Å². The maximum atomic E-state index is 13.4. The second-order valence-electron chi connectivity index (χ2n) is 8.04. The number of nitro benzene ring substituents is 1. The molecule has 3 rings (SSSR count). The number of rotatable bonds is 4. The molecule has 2 aromatic rings. The van der Waals surface area contributed by atoms with Crippen LogP contribution in [0.15, 0.2) is 29.2 Å². The minimum absolute atomic E-state index is 0.143. The molecule has 1 heterocycles. The van der Waals surface area contributed by atoms with E-state index in [1.807, 2.05) is 33.8 Å². The highest BCUT2D eigenvalue weighted by molar-refractivity contribution is 7.89. The molecule has 0 unspecified atom stereocenters. The Kier molecular flexibility index (Phi) is 6.20. The van der Waals surface area contributed by atoms with E-state index in [1.165, 1.54) is 16.4 Å². The Hall–Kier alpha value is -2.78. The van der Waals surface area contributed by atoms with Gasteiger partial charge in [-0.15, -0.1) is 0 Å². The van der Waals surface area contributed by atoms with Gasteiger partial charge in [0.1, 0.15) is 0 Å². The van der Waals surface area contributed by atoms with Gasteiger partial charge in [0.05, 0.1) is 9.82 Å². The molecule has 0 radical (unpaired) electrons. The van der Waals surface area contributed by atoms with Crippen LogP contribution in [0.2, 0.25) is 0 Å². The van der Waals surface area contributed by atoms with Gasteiger partial charge in [0.15, 0.2) is 0 Å². The molecular weight excluding hydrogens is 418 g/mol. The second-order valence-corrected chi connectivity index (χ2v) is 9.92. The van der Waals surface area contributed by atoms with Crippen molar-refractivity contribution in [1.82, 2.24) is 9.21 Å². The molecule has 0 spiro atoms. The summed E-state index contributed by atoms with van der Waals surface area (Å²) in [5, 5.41) is 11.1. The molecular formula is C22H27N3O5S. The van der Waals surface area contributed by atoms with Gasteiger partial charge in [-0.1, -0.05) is 12.1 Å². The Labute approximate surface area is 182 Å². The first-order valence-corrected chi connectivity index (χ1v) is 11.5. The predicted octanol–water partition coefficient (Wildman–Crippen LogP) is 3.28. The van der Waals surface area contributed by atoms with Crippen molar-refractivity contribution in [1.29, 1.82) is 0 Å². The lowest BCUT2D eigenvalue weighted by Gasteiger charge is -2.35. The van der Waals surface area contributed by atoms with Gasteiger partial charge in [-0.2, -0.15) is 4.31 Å². The van der Waals surface area contributed by atoms with Crippen LogP contribution < -0.4 is 0 Å². The monoisotopic (exact) mass is 445 g/mol. The number of piperazine rings is 1. The average Bonchev–Trinajstić information content (AvgIpc) is 2.72. The third kappa shape index (κ3) is 4.20. The molecule has 1 fully saturated rings. The van der Waals surface area contributed by atoms with Crippen molar-refractivity contribution in [3.63, 3.8) is 0 Å². The SMILES string of the molecule is Cc1ccc([N+](=O)[O-])cc1C(=O)N1CCN(S(=O)(=O)c2c(C)c(C)cc(C)c2C)CC1. The average molecular weight is 446 g/mol. The third-order valence-electron chi connectivity index (χ3n) is 6.08. The van der Waals surface area contributed by atoms with E-state index in [9.17, 15) is 23.3 Å². The molecule has 0 aromatic heterocycles. The molecule has 9 heteroatoms. The summed E-state index contributed by atoms with van der Waals surface area (Å²) in [6.45, 7) is 9.97. The smallest absolute Gasteiger partial charge is 0.270 e. The van der Waals surface area contributed by atoms with Crippen LogP contribution in [0.4, 0.5) is 5.69 Å². The summed E-state index contributed by atoms with van der Waals surface area (Å²) in [6.07, 6.45) is 0. The van der Waals surface area contributed by atoms with Gasteiger partial charge in [-0.3, -0.25) is 14.9 Å². The minimum atomic E-state index is -3.70. The molecule has 8 nitrogen and oxygen atoms in total. The molecule has 1 amide bonds. The Morgan fingerprint density at radius 1 is 0.903 bits per heavy atom. The zero-order valence-electron chi connectivity index (χ0n) is 18.4. The highest BCUT2D eigenvalue weighted by Crippen LogP contribution is 2.29. The fraction of sp³-hybridized carbons (Fsp3) is 0.409. The zero-order valence-corrected chi connectivity index (χ0v) is 19.2. The number of non-ortho nitro benzene ring substituents is 1. The largest absolute Gasteiger partial charge is 0.336 e. The van der Waals surface area contributed by atoms with Crippen LogP contribution >= 0.6 is 0 Å². The summed E-state index contributed by atoms with van der Waals surface area (Å²) in [5.41, 5.74) is 4.12. The number of carbonyl (C=O) groups excluding carboxylic acids is 1. The zero-order chi connectivity index (χ0) is 23.1. The molecule has 0 N–H and O–H groups in total. The van der Waals surface area contributed by atoms with E-state index in [4.69, 9.17) is 0 Å². The van der Waals surface area contributed by atoms with Crippen molar-refractivity contribution in [2.75, 3.05) is 26.2 Å². The van der Waals surface area contributed by atoms with E-state index in [-0.39, 0.29) is 43.3 Å². The minimum Gasteiger partial charge on any atom is -0.336 e. The molecule has 31 heavy (non-hydrogen) atoms. The highest BCUT2D eigenvalue weighted by Gasteiger charge is 2.33. The van der Waals surface area contributed by atoms with Crippen molar-refractivity contribution in [2.24, 2.45) is 0 Å². The van der Waals surface area contributed by atoms with E-state index in [1.54, 1.807) is 17.9 Å². The van der Waals surface area contributed by atoms with E-state index in [0.29, 0.717) is 10.5 Å². The normalized spacial score (nSPS) is 15.2. The summed E-state index contributed by atoms with van der Waals surface area (Å²) in [5.74, 6) is -0.322. The van der Waals surface area contributed by atoms with Gasteiger partial charge in [0.25, 0.3) is 11.6 Å². The molecule has 1 aliphatic heterocycles. The van der Waals surface area contributed by atoms with Gasteiger partial charge < -0.3 is 4.90 Å². The third-order valence-corrected chi connectivity index (χ3v) is 8.26. The number of carbonyl (C=O) groups is 1. The first-order valence-electron chi connectivity index (χ1n) is 10.1. The molecule has 0 saturated carbocycles. The first kappa shape index (κ1) is 22.9. The summed E-state index contributed by atoms with van der Waals surface area (Å²) >= 11 is 0. The summed E-state index contributed by atoms with van der Waals surface area (Å²) in [7, 11) is -3.70. The van der Waals surface area contributed by atoms with Crippen molar-refractivity contribution in [3.05, 3.63) is 67.8 Å². The number of nitrogens with zero attached hydrogens (tertiary/aromatic N) is 3. The van der Waals surface area contributed by atoms with E-state index < -0.39 is 14.9 Å². The maximum Gasteiger partial charge on any atom is 0.270 e. The van der Waals surface area contributed by atoms with Crippen LogP contribution in [-0.4, -0.2) is 54.6 Å². The van der Waals surface area contributed by atoms with Gasteiger partial charge in [-0.25, -0.2) is 8.42 Å². The summed E-state index contributed by atoms with van der Waals surface area (Å²) in [6, 6.07) is 6.19. The fourth-order valence-corrected chi connectivity index (χ4v) is 5.95. The van der Waals surface area contributed by atoms with Crippen LogP contribution in [0, 0.1) is 44.7 Å². The lowest BCUT2D eigenvalue weighted by Crippen LogP contribution is -2.50. The molecule has 1 aliphatic rings. The molecule has 0 atom stereocenters. The van der Waals surface area contributed by atoms with Crippen molar-refractivity contribution in [3.8, 4) is 0 Å². The standard InChI is InChI=1S/C22H27N3O5S/c1-14-6-7-19(25(27)28)13-20(14)22(26)23-8-10-24(11-9-23)31(29,30)21-17(4)15(2)12-16(3)18(21)5/h6-7,12-13H,8-11H2,1-5H3. The van der Waals surface area contributed by atoms with Crippen molar-refractivity contribution in [2.45, 2.75) is 39.5 Å². The molecule has 166 valence electrons.